The number of phenolic OH excluding ortho intramolecular Hbond substituents is 2. The molecule has 0 aliphatic carbocycles. The van der Waals surface area contributed by atoms with Gasteiger partial charge in [-0.2, -0.15) is 0 Å². The van der Waals surface area contributed by atoms with Crippen LogP contribution >= 0.6 is 0 Å². The molecule has 0 aliphatic heterocycles. The van der Waals surface area contributed by atoms with Gasteiger partial charge in [-0.1, -0.05) is 120 Å². The Morgan fingerprint density at radius 2 is 0.968 bits per heavy atom. The second-order valence-corrected chi connectivity index (χ2v) is 9.26. The van der Waals surface area contributed by atoms with E-state index in [0.29, 0.717) is 11.5 Å². The Bertz CT molecular complexity index is 714. The van der Waals surface area contributed by atoms with E-state index >= 15 is 0 Å². The molecule has 0 aliphatic rings. The van der Waals surface area contributed by atoms with Crippen molar-refractivity contribution >= 4 is 0 Å². The second kappa shape index (κ2) is 14.2. The fourth-order valence-electron chi connectivity index (χ4n) is 4.59. The molecule has 2 aromatic carbocycles. The molecule has 0 saturated heterocycles. The van der Waals surface area contributed by atoms with E-state index < -0.39 is 0 Å². The summed E-state index contributed by atoms with van der Waals surface area (Å²) in [7, 11) is 0. The zero-order valence-corrected chi connectivity index (χ0v) is 20.1. The molecule has 2 aromatic rings. The predicted octanol–water partition coefficient (Wildman–Crippen LogP) is 8.94. The number of hydrogen-bond acceptors (Lipinski definition) is 2. The third kappa shape index (κ3) is 8.24. The normalized spacial score (nSPS) is 11.4. The van der Waals surface area contributed by atoms with Gasteiger partial charge in [-0.05, 0) is 31.4 Å². The molecular formula is C29H44O2. The van der Waals surface area contributed by atoms with Crippen molar-refractivity contribution in [1.29, 1.82) is 0 Å². The summed E-state index contributed by atoms with van der Waals surface area (Å²) in [4.78, 5) is 0. The lowest BCUT2D eigenvalue weighted by molar-refractivity contribution is 0.443. The topological polar surface area (TPSA) is 40.5 Å². The Hall–Kier alpha value is -1.96. The first-order valence-corrected chi connectivity index (χ1v) is 12.6. The first kappa shape index (κ1) is 25.3. The van der Waals surface area contributed by atoms with Crippen molar-refractivity contribution in [2.24, 2.45) is 0 Å². The number of benzene rings is 2. The predicted molar refractivity (Wildman–Crippen MR) is 133 cm³/mol. The van der Waals surface area contributed by atoms with Crippen molar-refractivity contribution in [3.8, 4) is 11.5 Å². The third-order valence-electron chi connectivity index (χ3n) is 6.64. The maximum Gasteiger partial charge on any atom is 0.122 e. The van der Waals surface area contributed by atoms with Gasteiger partial charge in [-0.25, -0.2) is 0 Å². The van der Waals surface area contributed by atoms with E-state index in [1.54, 1.807) is 0 Å². The van der Waals surface area contributed by atoms with Crippen LogP contribution in [-0.4, -0.2) is 10.2 Å². The summed E-state index contributed by atoms with van der Waals surface area (Å²) in [5.41, 5.74) is 3.65. The molecule has 0 spiro atoms. The Morgan fingerprint density at radius 3 is 1.39 bits per heavy atom. The molecule has 0 bridgehead atoms. The molecule has 0 fully saturated rings. The first-order valence-electron chi connectivity index (χ1n) is 12.6. The van der Waals surface area contributed by atoms with Crippen molar-refractivity contribution in [2.75, 3.05) is 0 Å². The van der Waals surface area contributed by atoms with Gasteiger partial charge in [-0.3, -0.25) is 0 Å². The number of para-hydroxylation sites is 2. The third-order valence-corrected chi connectivity index (χ3v) is 6.64. The summed E-state index contributed by atoms with van der Waals surface area (Å²) in [6.07, 6.45) is 16.9. The summed E-state index contributed by atoms with van der Waals surface area (Å²) in [6, 6.07) is 11.9. The molecular weight excluding hydrogens is 380 g/mol. The average Bonchev–Trinajstić information content (AvgIpc) is 2.76. The van der Waals surface area contributed by atoms with Crippen molar-refractivity contribution in [3.63, 3.8) is 0 Å². The maximum absolute atomic E-state index is 10.7. The molecule has 0 saturated carbocycles. The molecule has 2 N–H and O–H groups in total. The molecule has 0 radical (unpaired) electrons. The van der Waals surface area contributed by atoms with Crippen LogP contribution in [0.3, 0.4) is 0 Å². The lowest BCUT2D eigenvalue weighted by Gasteiger charge is -2.22. The smallest absolute Gasteiger partial charge is 0.122 e. The van der Waals surface area contributed by atoms with Crippen LogP contribution in [0.15, 0.2) is 36.4 Å². The van der Waals surface area contributed by atoms with Gasteiger partial charge in [0.05, 0.1) is 0 Å². The van der Waals surface area contributed by atoms with Crippen molar-refractivity contribution in [2.45, 2.75) is 110 Å². The SMILES string of the molecule is CCCCCCCCCCCCCCC(c1cccc(C)c1O)c1cccc(C)c1O. The summed E-state index contributed by atoms with van der Waals surface area (Å²) in [5.74, 6) is 0.766. The van der Waals surface area contributed by atoms with Gasteiger partial charge in [0, 0.05) is 17.0 Å². The molecule has 0 atom stereocenters. The Morgan fingerprint density at radius 1 is 0.581 bits per heavy atom. The maximum atomic E-state index is 10.7. The highest BCUT2D eigenvalue weighted by Crippen LogP contribution is 2.41. The highest BCUT2D eigenvalue weighted by molar-refractivity contribution is 5.50. The van der Waals surface area contributed by atoms with Gasteiger partial charge in [-0.15, -0.1) is 0 Å². The molecule has 0 unspecified atom stereocenters. The van der Waals surface area contributed by atoms with Crippen molar-refractivity contribution < 1.29 is 10.2 Å². The Balaban J connectivity index is 1.82. The number of unbranched alkanes of at least 4 members (excludes halogenated alkanes) is 11. The lowest BCUT2D eigenvalue weighted by atomic mass is 9.84. The Kier molecular flexibility index (Phi) is 11.6. The van der Waals surface area contributed by atoms with E-state index in [1.165, 1.54) is 70.6 Å². The minimum Gasteiger partial charge on any atom is -0.507 e. The Labute approximate surface area is 190 Å². The monoisotopic (exact) mass is 424 g/mol. The van der Waals surface area contributed by atoms with Crippen LogP contribution in [0.5, 0.6) is 11.5 Å². The van der Waals surface area contributed by atoms with Gasteiger partial charge >= 0.3 is 0 Å². The molecule has 0 aromatic heterocycles. The van der Waals surface area contributed by atoms with Gasteiger partial charge in [0.15, 0.2) is 0 Å². The van der Waals surface area contributed by atoms with Crippen LogP contribution in [0.25, 0.3) is 0 Å². The van der Waals surface area contributed by atoms with E-state index in [-0.39, 0.29) is 5.92 Å². The lowest BCUT2D eigenvalue weighted by Crippen LogP contribution is -2.04. The van der Waals surface area contributed by atoms with Crippen LogP contribution < -0.4 is 0 Å². The van der Waals surface area contributed by atoms with Crippen LogP contribution in [-0.2, 0) is 0 Å². The molecule has 2 rings (SSSR count). The van der Waals surface area contributed by atoms with E-state index in [1.807, 2.05) is 50.2 Å². The van der Waals surface area contributed by atoms with E-state index in [9.17, 15) is 10.2 Å². The molecule has 31 heavy (non-hydrogen) atoms. The van der Waals surface area contributed by atoms with Gasteiger partial charge < -0.3 is 10.2 Å². The number of rotatable bonds is 15. The summed E-state index contributed by atoms with van der Waals surface area (Å²) >= 11 is 0. The van der Waals surface area contributed by atoms with E-state index in [2.05, 4.69) is 6.92 Å². The van der Waals surface area contributed by atoms with Gasteiger partial charge in [0.25, 0.3) is 0 Å². The minimum atomic E-state index is 0.0305. The number of aromatic hydroxyl groups is 2. The summed E-state index contributed by atoms with van der Waals surface area (Å²) < 4.78 is 0. The zero-order chi connectivity index (χ0) is 22.5. The van der Waals surface area contributed by atoms with Gasteiger partial charge in [0.1, 0.15) is 11.5 Å². The van der Waals surface area contributed by atoms with Crippen molar-refractivity contribution in [1.82, 2.24) is 0 Å². The second-order valence-electron chi connectivity index (χ2n) is 9.26. The molecule has 2 nitrogen and oxygen atoms in total. The molecule has 2 heteroatoms. The molecule has 0 amide bonds. The molecule has 0 heterocycles. The van der Waals surface area contributed by atoms with Crippen molar-refractivity contribution in [3.05, 3.63) is 58.7 Å². The highest BCUT2D eigenvalue weighted by atomic mass is 16.3. The minimum absolute atomic E-state index is 0.0305. The van der Waals surface area contributed by atoms with Crippen LogP contribution in [0.4, 0.5) is 0 Å². The highest BCUT2D eigenvalue weighted by Gasteiger charge is 2.21. The van der Waals surface area contributed by atoms with E-state index in [4.69, 9.17) is 0 Å². The van der Waals surface area contributed by atoms with Gasteiger partial charge in [0.2, 0.25) is 0 Å². The fraction of sp³-hybridized carbons (Fsp3) is 0.586. The van der Waals surface area contributed by atoms with Crippen LogP contribution in [0, 0.1) is 13.8 Å². The standard InChI is InChI=1S/C29H44O2/c1-4-5-6-7-8-9-10-11-12-13-14-15-20-25(26-21-16-18-23(2)28(26)30)27-22-17-19-24(3)29(27)31/h16-19,21-22,25,30-31H,4-15,20H2,1-3H3. The average molecular weight is 425 g/mol. The van der Waals surface area contributed by atoms with Crippen LogP contribution in [0.2, 0.25) is 0 Å². The summed E-state index contributed by atoms with van der Waals surface area (Å²) in [5, 5.41) is 21.4. The first-order chi connectivity index (χ1) is 15.1. The van der Waals surface area contributed by atoms with E-state index in [0.717, 1.165) is 35.1 Å². The zero-order valence-electron chi connectivity index (χ0n) is 20.1. The largest absolute Gasteiger partial charge is 0.507 e. The number of phenols is 2. The molecule has 172 valence electrons. The van der Waals surface area contributed by atoms with Crippen LogP contribution in [0.1, 0.15) is 119 Å². The summed E-state index contributed by atoms with van der Waals surface area (Å²) in [6.45, 7) is 6.15. The number of hydrogen-bond donors (Lipinski definition) is 2. The number of aryl methyl sites for hydroxylation is 2. The quantitative estimate of drug-likeness (QED) is 0.280. The fourth-order valence-corrected chi connectivity index (χ4v) is 4.59.